The van der Waals surface area contributed by atoms with Gasteiger partial charge in [0.05, 0.1) is 0 Å². The Morgan fingerprint density at radius 2 is 1.56 bits per heavy atom. The van der Waals surface area contributed by atoms with Gasteiger partial charge in [0.2, 0.25) is 0 Å². The lowest BCUT2D eigenvalue weighted by atomic mass is 9.87. The van der Waals surface area contributed by atoms with Gasteiger partial charge in [-0.2, -0.15) is 0 Å². The fourth-order valence-electron chi connectivity index (χ4n) is 3.10. The second-order valence-corrected chi connectivity index (χ2v) is 11.9. The van der Waals surface area contributed by atoms with Gasteiger partial charge in [-0.25, -0.2) is 4.79 Å². The van der Waals surface area contributed by atoms with Crippen LogP contribution in [-0.4, -0.2) is 26.5 Å². The van der Waals surface area contributed by atoms with Gasteiger partial charge in [-0.1, -0.05) is 45.0 Å². The van der Waals surface area contributed by atoms with Gasteiger partial charge in [0, 0.05) is 12.7 Å². The third-order valence-electron chi connectivity index (χ3n) is 5.07. The number of halogens is 1. The monoisotopic (exact) mass is 575 g/mol. The summed E-state index contributed by atoms with van der Waals surface area (Å²) in [5.74, 6) is 0.977. The molecule has 180 valence electrons. The van der Waals surface area contributed by atoms with Gasteiger partial charge >= 0.3 is 27.2 Å². The molecule has 3 rings (SSSR count). The maximum absolute atomic E-state index is 11.5. The largest absolute Gasteiger partial charge is 0.489 e. The number of carbonyl (C=O) groups excluding carboxylic acids is 1. The molecule has 0 unspecified atom stereocenters. The first kappa shape index (κ1) is 26.0. The molecule has 0 aromatic heterocycles. The van der Waals surface area contributed by atoms with Crippen molar-refractivity contribution in [3.05, 3.63) is 90.6 Å². The highest BCUT2D eigenvalue weighted by Gasteiger charge is 2.20. The summed E-state index contributed by atoms with van der Waals surface area (Å²) in [5.41, 5.74) is 3.82. The van der Waals surface area contributed by atoms with E-state index in [1.54, 1.807) is 0 Å². The minimum atomic E-state index is -0.475. The highest BCUT2D eigenvalue weighted by molar-refractivity contribution is 5.71. The van der Waals surface area contributed by atoms with Crippen molar-refractivity contribution >= 4 is 5.97 Å². The molecule has 0 aliphatic carbocycles. The number of ether oxygens (including phenoxy) is 4. The zero-order valence-corrected chi connectivity index (χ0v) is 22.5. The van der Waals surface area contributed by atoms with E-state index in [9.17, 15) is 4.79 Å². The Morgan fingerprint density at radius 3 is 2.18 bits per heavy atom. The number of hydrogen-bond donors (Lipinski definition) is 0. The average molecular weight is 575 g/mol. The Kier molecular flexibility index (Phi) is 9.36. The van der Waals surface area contributed by atoms with Crippen LogP contribution in [0.4, 0.5) is 0 Å². The molecule has 0 saturated heterocycles. The molecule has 0 saturated carbocycles. The molecule has 3 aromatic carbocycles. The molecule has 0 amide bonds. The van der Waals surface area contributed by atoms with Crippen LogP contribution < -0.4 is 30.7 Å². The highest BCUT2D eigenvalue weighted by atomic mass is 127. The molecule has 6 heteroatoms. The molecule has 0 atom stereocenters. The molecular weight excluding hydrogens is 543 g/mol. The molecule has 0 heterocycles. The van der Waals surface area contributed by atoms with Crippen LogP contribution in [0.1, 0.15) is 37.5 Å². The van der Waals surface area contributed by atoms with Crippen molar-refractivity contribution in [3.63, 3.8) is 0 Å². The molecule has 0 N–H and O–H groups in total. The smallest absolute Gasteiger partial charge is 0.358 e. The predicted molar refractivity (Wildman–Crippen MR) is 128 cm³/mol. The van der Waals surface area contributed by atoms with E-state index < -0.39 is 5.97 Å². The van der Waals surface area contributed by atoms with Crippen molar-refractivity contribution in [2.24, 2.45) is 0 Å². The Morgan fingerprint density at radius 1 is 0.882 bits per heavy atom. The third kappa shape index (κ3) is 8.02. The molecule has 5 nitrogen and oxygen atoms in total. The van der Waals surface area contributed by atoms with Crippen LogP contribution in [0, 0.1) is 14.1 Å². The summed E-state index contributed by atoms with van der Waals surface area (Å²) in [6, 6.07) is 22.9. The maximum Gasteiger partial charge on any atom is 0.358 e. The van der Waals surface area contributed by atoms with Gasteiger partial charge in [0.15, 0.2) is 20.5 Å². The standard InChI is InChI=1S/C28H32IO5/c1-20-16-25(14-15-26(20)29-23-10-8-22(9-11-23)28(2,3)4)32-17-21-6-12-24(13-7-21)33-18-27(30)34-19-31-5/h6-16H,17-19H2,1-5H3/q+1. The molecule has 0 bridgehead atoms. The summed E-state index contributed by atoms with van der Waals surface area (Å²) in [6.07, 6.45) is 0. The van der Waals surface area contributed by atoms with E-state index in [0.717, 1.165) is 11.3 Å². The number of esters is 1. The summed E-state index contributed by atoms with van der Waals surface area (Å²) in [5, 5.41) is 0. The van der Waals surface area contributed by atoms with Gasteiger partial charge < -0.3 is 18.9 Å². The summed E-state index contributed by atoms with van der Waals surface area (Å²) in [6.45, 7) is 9.09. The van der Waals surface area contributed by atoms with Crippen LogP contribution in [0.25, 0.3) is 0 Å². The van der Waals surface area contributed by atoms with Crippen molar-refractivity contribution < 1.29 is 44.9 Å². The van der Waals surface area contributed by atoms with Crippen molar-refractivity contribution in [1.29, 1.82) is 0 Å². The second-order valence-electron chi connectivity index (χ2n) is 8.91. The maximum atomic E-state index is 11.5. The minimum Gasteiger partial charge on any atom is -0.489 e. The summed E-state index contributed by atoms with van der Waals surface area (Å²) < 4.78 is 23.7. The first-order chi connectivity index (χ1) is 16.2. The number of methoxy groups -OCH3 is 1. The van der Waals surface area contributed by atoms with E-state index in [1.165, 1.54) is 25.4 Å². The van der Waals surface area contributed by atoms with Crippen LogP contribution in [0.5, 0.6) is 11.5 Å². The Bertz CT molecular complexity index is 1070. The van der Waals surface area contributed by atoms with E-state index in [1.807, 2.05) is 24.3 Å². The first-order valence-corrected chi connectivity index (χ1v) is 13.3. The van der Waals surface area contributed by atoms with Gasteiger partial charge in [-0.05, 0) is 65.9 Å². The van der Waals surface area contributed by atoms with E-state index in [0.29, 0.717) is 12.4 Å². The normalized spacial score (nSPS) is 11.2. The quantitative estimate of drug-likeness (QED) is 0.212. The predicted octanol–water partition coefficient (Wildman–Crippen LogP) is 2.53. The number of aryl methyl sites for hydroxylation is 1. The molecule has 34 heavy (non-hydrogen) atoms. The lowest BCUT2D eigenvalue weighted by Crippen LogP contribution is -3.61. The van der Waals surface area contributed by atoms with Crippen LogP contribution >= 0.6 is 0 Å². The molecule has 0 aliphatic rings. The van der Waals surface area contributed by atoms with E-state index in [-0.39, 0.29) is 40.0 Å². The SMILES string of the molecule is COCOC(=O)COc1ccc(COc2ccc([I+]c3ccc(C(C)(C)C)cc3)c(C)c2)cc1. The van der Waals surface area contributed by atoms with Crippen LogP contribution in [0.15, 0.2) is 66.7 Å². The van der Waals surface area contributed by atoms with E-state index in [4.69, 9.17) is 14.2 Å². The lowest BCUT2D eigenvalue weighted by Gasteiger charge is -2.18. The fraction of sp³-hybridized carbons (Fsp3) is 0.321. The fourth-order valence-corrected chi connectivity index (χ4v) is 5.43. The molecule has 0 fully saturated rings. The topological polar surface area (TPSA) is 54.0 Å². The van der Waals surface area contributed by atoms with Gasteiger partial charge in [-0.3, -0.25) is 0 Å². The van der Waals surface area contributed by atoms with Crippen molar-refractivity contribution in [2.75, 3.05) is 20.5 Å². The van der Waals surface area contributed by atoms with Gasteiger partial charge in [0.1, 0.15) is 18.1 Å². The Labute approximate surface area is 212 Å². The van der Waals surface area contributed by atoms with Crippen LogP contribution in [-0.2, 0) is 26.3 Å². The number of rotatable bonds is 10. The Balaban J connectivity index is 1.51. The van der Waals surface area contributed by atoms with E-state index >= 15 is 0 Å². The van der Waals surface area contributed by atoms with Crippen LogP contribution in [0.2, 0.25) is 0 Å². The Hall–Kier alpha value is -2.58. The summed E-state index contributed by atoms with van der Waals surface area (Å²) in [4.78, 5) is 11.5. The zero-order chi connectivity index (χ0) is 24.6. The van der Waals surface area contributed by atoms with E-state index in [2.05, 4.69) is 74.9 Å². The summed E-state index contributed by atoms with van der Waals surface area (Å²) in [7, 11) is 1.46. The third-order valence-corrected chi connectivity index (χ3v) is 8.21. The zero-order valence-electron chi connectivity index (χ0n) is 20.4. The van der Waals surface area contributed by atoms with Crippen molar-refractivity contribution in [3.8, 4) is 11.5 Å². The lowest BCUT2D eigenvalue weighted by molar-refractivity contribution is -0.598. The summed E-state index contributed by atoms with van der Waals surface area (Å²) >= 11 is -0.235. The molecule has 0 radical (unpaired) electrons. The average Bonchev–Trinajstić information content (AvgIpc) is 2.82. The van der Waals surface area contributed by atoms with Crippen molar-refractivity contribution in [2.45, 2.75) is 39.7 Å². The van der Waals surface area contributed by atoms with Crippen molar-refractivity contribution in [1.82, 2.24) is 0 Å². The minimum absolute atomic E-state index is 0.0782. The number of hydrogen-bond acceptors (Lipinski definition) is 5. The molecule has 0 spiro atoms. The molecular formula is C28H32IO5+. The number of carbonyl (C=O) groups is 1. The van der Waals surface area contributed by atoms with Crippen LogP contribution in [0.3, 0.4) is 0 Å². The molecule has 3 aromatic rings. The molecule has 0 aliphatic heterocycles. The van der Waals surface area contributed by atoms with Gasteiger partial charge in [0.25, 0.3) is 0 Å². The number of benzene rings is 3. The first-order valence-electron chi connectivity index (χ1n) is 11.1. The second kappa shape index (κ2) is 12.2. The highest BCUT2D eigenvalue weighted by Crippen LogP contribution is 2.21. The van der Waals surface area contributed by atoms with Gasteiger partial charge in [-0.15, -0.1) is 0 Å².